The minimum Gasteiger partial charge on any atom is -0.355 e. The lowest BCUT2D eigenvalue weighted by Gasteiger charge is -2.47. The summed E-state index contributed by atoms with van der Waals surface area (Å²) < 4.78 is 13.5. The van der Waals surface area contributed by atoms with Gasteiger partial charge in [-0.3, -0.25) is 14.8 Å². The number of fused-ring (bicyclic) bond motifs is 3. The molecular formula is C17H27FIN5S. The molecule has 2 N–H and O–H groups in total. The number of hydrogen-bond donors (Lipinski definition) is 2. The molecule has 5 nitrogen and oxygen atoms in total. The number of piperazine rings is 3. The average molecular weight is 479 g/mol. The van der Waals surface area contributed by atoms with Crippen LogP contribution in [0.1, 0.15) is 5.56 Å². The summed E-state index contributed by atoms with van der Waals surface area (Å²) in [7, 11) is 1.77. The molecule has 1 atom stereocenters. The molecule has 8 heteroatoms. The van der Waals surface area contributed by atoms with Gasteiger partial charge in [0.15, 0.2) is 5.96 Å². The summed E-state index contributed by atoms with van der Waals surface area (Å²) in [6, 6.07) is 5.46. The molecule has 3 heterocycles. The van der Waals surface area contributed by atoms with Gasteiger partial charge in [-0.15, -0.1) is 35.7 Å². The van der Waals surface area contributed by atoms with Crippen molar-refractivity contribution < 1.29 is 4.39 Å². The van der Waals surface area contributed by atoms with Gasteiger partial charge in [0, 0.05) is 63.8 Å². The summed E-state index contributed by atoms with van der Waals surface area (Å²) in [6.07, 6.45) is 2.01. The van der Waals surface area contributed by atoms with Crippen LogP contribution >= 0.6 is 35.7 Å². The third-order valence-electron chi connectivity index (χ3n) is 4.81. The summed E-state index contributed by atoms with van der Waals surface area (Å²) >= 11 is 1.63. The molecule has 1 unspecified atom stereocenters. The number of hydrogen-bond acceptors (Lipinski definition) is 4. The Bertz CT molecular complexity index is 592. The Kier molecular flexibility index (Phi) is 8.24. The number of rotatable bonds is 5. The highest BCUT2D eigenvalue weighted by Gasteiger charge is 2.31. The fraction of sp³-hybridized carbons (Fsp3) is 0.588. The maximum absolute atomic E-state index is 13.5. The smallest absolute Gasteiger partial charge is 0.191 e. The minimum absolute atomic E-state index is 0. The van der Waals surface area contributed by atoms with Crippen molar-refractivity contribution in [3.05, 3.63) is 29.6 Å². The predicted molar refractivity (Wildman–Crippen MR) is 114 cm³/mol. The van der Waals surface area contributed by atoms with Gasteiger partial charge >= 0.3 is 0 Å². The lowest BCUT2D eigenvalue weighted by molar-refractivity contribution is 0.0154. The van der Waals surface area contributed by atoms with Crippen molar-refractivity contribution in [3.63, 3.8) is 0 Å². The summed E-state index contributed by atoms with van der Waals surface area (Å²) in [6.45, 7) is 7.30. The number of benzene rings is 1. The van der Waals surface area contributed by atoms with Crippen LogP contribution in [-0.4, -0.2) is 74.4 Å². The maximum Gasteiger partial charge on any atom is 0.191 e. The van der Waals surface area contributed by atoms with Crippen LogP contribution in [0, 0.1) is 5.82 Å². The largest absolute Gasteiger partial charge is 0.355 e. The first-order valence-electron chi connectivity index (χ1n) is 8.43. The fourth-order valence-electron chi connectivity index (χ4n) is 3.42. The number of nitrogens with one attached hydrogen (secondary N) is 2. The van der Waals surface area contributed by atoms with Gasteiger partial charge in [-0.2, -0.15) is 0 Å². The molecule has 1 aromatic rings. The van der Waals surface area contributed by atoms with E-state index in [0.29, 0.717) is 12.6 Å². The fourth-order valence-corrected chi connectivity index (χ4v) is 4.01. The molecule has 0 aliphatic carbocycles. The Morgan fingerprint density at radius 3 is 2.64 bits per heavy atom. The predicted octanol–water partition coefficient (Wildman–Crippen LogP) is 1.83. The van der Waals surface area contributed by atoms with Gasteiger partial charge in [0.05, 0.1) is 0 Å². The summed E-state index contributed by atoms with van der Waals surface area (Å²) in [4.78, 5) is 10.5. The van der Waals surface area contributed by atoms with E-state index in [1.165, 1.54) is 32.2 Å². The van der Waals surface area contributed by atoms with Gasteiger partial charge in [0.25, 0.3) is 0 Å². The quantitative estimate of drug-likeness (QED) is 0.292. The first-order chi connectivity index (χ1) is 11.7. The van der Waals surface area contributed by atoms with E-state index in [1.807, 2.05) is 12.3 Å². The first kappa shape index (κ1) is 20.7. The summed E-state index contributed by atoms with van der Waals surface area (Å²) in [5.41, 5.74) is 0.956. The molecule has 140 valence electrons. The molecule has 3 aliphatic rings. The van der Waals surface area contributed by atoms with E-state index in [4.69, 9.17) is 0 Å². The van der Waals surface area contributed by atoms with Gasteiger partial charge in [0.2, 0.25) is 0 Å². The monoisotopic (exact) mass is 479 g/mol. The van der Waals surface area contributed by atoms with Crippen LogP contribution in [-0.2, 0) is 6.54 Å². The Morgan fingerprint density at radius 2 is 2.04 bits per heavy atom. The number of thioether (sulfide) groups is 1. The minimum atomic E-state index is -0.201. The normalized spacial score (nSPS) is 25.4. The molecule has 0 radical (unpaired) electrons. The third kappa shape index (κ3) is 5.45. The van der Waals surface area contributed by atoms with Gasteiger partial charge in [0.1, 0.15) is 5.82 Å². The van der Waals surface area contributed by atoms with Crippen LogP contribution < -0.4 is 10.6 Å². The number of guanidine groups is 1. The first-order valence-corrected chi connectivity index (χ1v) is 9.65. The van der Waals surface area contributed by atoms with E-state index in [9.17, 15) is 4.39 Å². The van der Waals surface area contributed by atoms with E-state index in [1.54, 1.807) is 24.9 Å². The van der Waals surface area contributed by atoms with Crippen LogP contribution in [0.4, 0.5) is 4.39 Å². The Labute approximate surface area is 170 Å². The summed E-state index contributed by atoms with van der Waals surface area (Å²) in [5, 5.41) is 6.71. The highest BCUT2D eigenvalue weighted by atomic mass is 127. The van der Waals surface area contributed by atoms with Gasteiger partial charge in [-0.1, -0.05) is 0 Å². The molecule has 3 saturated heterocycles. The molecule has 0 saturated carbocycles. The number of halogens is 2. The topological polar surface area (TPSA) is 42.9 Å². The van der Waals surface area contributed by atoms with Crippen LogP contribution in [0.15, 0.2) is 28.1 Å². The lowest BCUT2D eigenvalue weighted by Crippen LogP contribution is -2.63. The molecule has 4 rings (SSSR count). The highest BCUT2D eigenvalue weighted by Crippen LogP contribution is 2.21. The second-order valence-electron chi connectivity index (χ2n) is 6.25. The molecule has 3 fully saturated rings. The van der Waals surface area contributed by atoms with Crippen molar-refractivity contribution >= 4 is 41.7 Å². The van der Waals surface area contributed by atoms with Crippen molar-refractivity contribution in [2.45, 2.75) is 17.5 Å². The van der Waals surface area contributed by atoms with Crippen molar-refractivity contribution in [2.75, 3.05) is 52.6 Å². The van der Waals surface area contributed by atoms with Crippen molar-refractivity contribution in [1.82, 2.24) is 20.4 Å². The molecule has 25 heavy (non-hydrogen) atoms. The molecule has 0 spiro atoms. The Hall–Kier alpha value is -0.580. The lowest BCUT2D eigenvalue weighted by atomic mass is 10.1. The van der Waals surface area contributed by atoms with Gasteiger partial charge in [-0.05, 0) is 30.0 Å². The van der Waals surface area contributed by atoms with E-state index in [2.05, 4.69) is 25.4 Å². The molecular weight excluding hydrogens is 452 g/mol. The van der Waals surface area contributed by atoms with E-state index < -0.39 is 0 Å². The number of nitrogens with zero attached hydrogens (tertiary/aromatic N) is 3. The van der Waals surface area contributed by atoms with E-state index >= 15 is 0 Å². The molecule has 1 aromatic carbocycles. The molecule has 3 aliphatic heterocycles. The maximum atomic E-state index is 13.5. The average Bonchev–Trinajstić information content (AvgIpc) is 2.63. The van der Waals surface area contributed by atoms with Gasteiger partial charge in [-0.25, -0.2) is 4.39 Å². The second-order valence-corrected chi connectivity index (χ2v) is 7.10. The van der Waals surface area contributed by atoms with E-state index in [-0.39, 0.29) is 29.8 Å². The zero-order valence-electron chi connectivity index (χ0n) is 14.8. The third-order valence-corrected chi connectivity index (χ3v) is 5.65. The van der Waals surface area contributed by atoms with Crippen LogP contribution in [0.25, 0.3) is 0 Å². The highest BCUT2D eigenvalue weighted by molar-refractivity contribution is 14.0. The zero-order valence-corrected chi connectivity index (χ0v) is 17.9. The second kappa shape index (κ2) is 9.94. The number of aliphatic imine (C=N–C) groups is 1. The summed E-state index contributed by atoms with van der Waals surface area (Å²) in [5.74, 6) is 0.566. The van der Waals surface area contributed by atoms with Crippen LogP contribution in [0.5, 0.6) is 0 Å². The van der Waals surface area contributed by atoms with Crippen molar-refractivity contribution in [3.8, 4) is 0 Å². The van der Waals surface area contributed by atoms with E-state index in [0.717, 1.165) is 29.5 Å². The van der Waals surface area contributed by atoms with Crippen LogP contribution in [0.3, 0.4) is 0 Å². The molecule has 0 amide bonds. The van der Waals surface area contributed by atoms with Gasteiger partial charge < -0.3 is 10.6 Å². The molecule has 2 bridgehead atoms. The standard InChI is InChI=1S/C17H26FN5S.HI/c1-19-17(20-10-13-9-14(18)3-4-16(13)24-2)21-11-15-12-22-5-7-23(15)8-6-22;/h3-4,9,15H,5-8,10-12H2,1-2H3,(H2,19,20,21);1H. The Balaban J connectivity index is 0.00000225. The van der Waals surface area contributed by atoms with Crippen molar-refractivity contribution in [2.24, 2.45) is 4.99 Å². The zero-order chi connectivity index (χ0) is 16.9. The Morgan fingerprint density at radius 1 is 1.28 bits per heavy atom. The molecule has 0 aromatic heterocycles. The van der Waals surface area contributed by atoms with Crippen LogP contribution in [0.2, 0.25) is 0 Å². The SMILES string of the molecule is CN=C(NCc1cc(F)ccc1SC)NCC1CN2CCN1CC2.I. The van der Waals surface area contributed by atoms with Crippen molar-refractivity contribution in [1.29, 1.82) is 0 Å².